The van der Waals surface area contributed by atoms with Crippen molar-refractivity contribution < 1.29 is 27.5 Å². The molecular formula is C16H17NO6S. The number of esters is 1. The topological polar surface area (TPSA) is 107 Å². The average molecular weight is 351 g/mol. The summed E-state index contributed by atoms with van der Waals surface area (Å²) in [5, 5.41) is 2.73. The number of benzene rings is 1. The Morgan fingerprint density at radius 1 is 1.25 bits per heavy atom. The average Bonchev–Trinajstić information content (AvgIpc) is 2.91. The maximum Gasteiger partial charge on any atom is 0.310 e. The molecule has 1 saturated heterocycles. The largest absolute Gasteiger partial charge is 0.457 e. The maximum absolute atomic E-state index is 12.2. The lowest BCUT2D eigenvalue weighted by molar-refractivity contribution is -0.146. The lowest BCUT2D eigenvalue weighted by Gasteiger charge is -2.17. The van der Waals surface area contributed by atoms with E-state index < -0.39 is 28.3 Å². The number of amides is 1. The Labute approximate surface area is 139 Å². The van der Waals surface area contributed by atoms with Crippen LogP contribution in [0.4, 0.5) is 5.69 Å². The van der Waals surface area contributed by atoms with Gasteiger partial charge in [-0.3, -0.25) is 14.4 Å². The monoisotopic (exact) mass is 351 g/mol. The van der Waals surface area contributed by atoms with Crippen LogP contribution in [0.2, 0.25) is 0 Å². The van der Waals surface area contributed by atoms with Gasteiger partial charge in [-0.25, -0.2) is 8.42 Å². The zero-order valence-corrected chi connectivity index (χ0v) is 13.7. The zero-order valence-electron chi connectivity index (χ0n) is 12.9. The summed E-state index contributed by atoms with van der Waals surface area (Å²) in [6.45, 7) is -0.416. The van der Waals surface area contributed by atoms with Crippen molar-refractivity contribution in [3.63, 3.8) is 0 Å². The van der Waals surface area contributed by atoms with E-state index >= 15 is 0 Å². The number of ketones is 1. The molecule has 1 aromatic carbocycles. The maximum atomic E-state index is 12.2. The summed E-state index contributed by atoms with van der Waals surface area (Å²) < 4.78 is 27.7. The predicted molar refractivity (Wildman–Crippen MR) is 85.4 cm³/mol. The van der Waals surface area contributed by atoms with Crippen LogP contribution in [-0.4, -0.2) is 44.2 Å². The van der Waals surface area contributed by atoms with Gasteiger partial charge in [0, 0.05) is 17.7 Å². The SMILES string of the molecule is O=C1CCc2cc(C(=O)COC(=O)C3CCS(=O)(=O)C3)ccc2N1. The van der Waals surface area contributed by atoms with Crippen LogP contribution in [-0.2, 0) is 30.6 Å². The third-order valence-corrected chi connectivity index (χ3v) is 6.00. The third-order valence-electron chi connectivity index (χ3n) is 4.23. The first kappa shape index (κ1) is 16.6. The number of aryl methyl sites for hydroxylation is 1. The van der Waals surface area contributed by atoms with Crippen LogP contribution in [0.5, 0.6) is 0 Å². The number of nitrogens with one attached hydrogen (secondary N) is 1. The first-order chi connectivity index (χ1) is 11.3. The van der Waals surface area contributed by atoms with Gasteiger partial charge in [-0.15, -0.1) is 0 Å². The number of carbonyl (C=O) groups excluding carboxylic acids is 3. The van der Waals surface area contributed by atoms with Crippen molar-refractivity contribution in [1.82, 2.24) is 0 Å². The van der Waals surface area contributed by atoms with Crippen LogP contribution >= 0.6 is 0 Å². The van der Waals surface area contributed by atoms with Gasteiger partial charge in [-0.05, 0) is 36.6 Å². The van der Waals surface area contributed by atoms with Crippen molar-refractivity contribution in [3.8, 4) is 0 Å². The molecule has 24 heavy (non-hydrogen) atoms. The Morgan fingerprint density at radius 3 is 2.75 bits per heavy atom. The van der Waals surface area contributed by atoms with E-state index in [2.05, 4.69) is 5.32 Å². The molecule has 1 atom stereocenters. The molecule has 7 nitrogen and oxygen atoms in total. The second-order valence-corrected chi connectivity index (χ2v) is 8.28. The highest BCUT2D eigenvalue weighted by Crippen LogP contribution is 2.24. The van der Waals surface area contributed by atoms with Crippen molar-refractivity contribution in [2.24, 2.45) is 5.92 Å². The number of Topliss-reactive ketones (excluding diaryl/α,β-unsaturated/α-hetero) is 1. The molecule has 2 aliphatic rings. The van der Waals surface area contributed by atoms with Gasteiger partial charge in [0.1, 0.15) is 0 Å². The summed E-state index contributed by atoms with van der Waals surface area (Å²) in [4.78, 5) is 35.3. The van der Waals surface area contributed by atoms with Crippen molar-refractivity contribution in [1.29, 1.82) is 0 Å². The van der Waals surface area contributed by atoms with E-state index in [1.165, 1.54) is 0 Å². The smallest absolute Gasteiger partial charge is 0.310 e. The molecule has 0 aliphatic carbocycles. The fourth-order valence-electron chi connectivity index (χ4n) is 2.88. The van der Waals surface area contributed by atoms with Gasteiger partial charge in [0.15, 0.2) is 22.2 Å². The van der Waals surface area contributed by atoms with Crippen LogP contribution < -0.4 is 5.32 Å². The van der Waals surface area contributed by atoms with E-state index in [4.69, 9.17) is 4.74 Å². The van der Waals surface area contributed by atoms with Gasteiger partial charge in [0.25, 0.3) is 0 Å². The summed E-state index contributed by atoms with van der Waals surface area (Å²) in [6, 6.07) is 4.91. The number of hydrogen-bond acceptors (Lipinski definition) is 6. The standard InChI is InChI=1S/C16H17NO6S/c18-14(8-23-16(20)12-5-6-24(21,22)9-12)11-1-3-13-10(7-11)2-4-15(19)17-13/h1,3,7,12H,2,4-6,8-9H2,(H,17,19). The molecule has 0 saturated carbocycles. The minimum absolute atomic E-state index is 0.0166. The minimum atomic E-state index is -3.17. The fraction of sp³-hybridized carbons (Fsp3) is 0.438. The first-order valence-electron chi connectivity index (χ1n) is 7.67. The van der Waals surface area contributed by atoms with E-state index in [0.29, 0.717) is 24.1 Å². The zero-order chi connectivity index (χ0) is 17.3. The van der Waals surface area contributed by atoms with E-state index in [1.807, 2.05) is 0 Å². The fourth-order valence-corrected chi connectivity index (χ4v) is 4.60. The Bertz CT molecular complexity index is 814. The Morgan fingerprint density at radius 2 is 2.04 bits per heavy atom. The molecule has 2 heterocycles. The highest BCUT2D eigenvalue weighted by Gasteiger charge is 2.34. The Hall–Kier alpha value is -2.22. The van der Waals surface area contributed by atoms with Crippen molar-refractivity contribution in [2.75, 3.05) is 23.4 Å². The lowest BCUT2D eigenvalue weighted by atomic mass is 9.99. The van der Waals surface area contributed by atoms with Gasteiger partial charge in [-0.1, -0.05) is 0 Å². The van der Waals surface area contributed by atoms with Crippen LogP contribution in [0.15, 0.2) is 18.2 Å². The summed E-state index contributed by atoms with van der Waals surface area (Å²) >= 11 is 0. The summed E-state index contributed by atoms with van der Waals surface area (Å²) in [7, 11) is -3.17. The van der Waals surface area contributed by atoms with Crippen molar-refractivity contribution >= 4 is 33.2 Å². The van der Waals surface area contributed by atoms with Crippen LogP contribution in [0.1, 0.15) is 28.8 Å². The van der Waals surface area contributed by atoms with Gasteiger partial charge < -0.3 is 10.1 Å². The van der Waals surface area contributed by atoms with Crippen molar-refractivity contribution in [2.45, 2.75) is 19.3 Å². The Balaban J connectivity index is 1.59. The molecule has 1 amide bonds. The quantitative estimate of drug-likeness (QED) is 0.633. The van der Waals surface area contributed by atoms with E-state index in [0.717, 1.165) is 5.56 Å². The molecule has 0 bridgehead atoms. The number of hydrogen-bond donors (Lipinski definition) is 1. The molecular weight excluding hydrogens is 334 g/mol. The number of fused-ring (bicyclic) bond motifs is 1. The molecule has 128 valence electrons. The Kier molecular flexibility index (Phi) is 4.40. The van der Waals surface area contributed by atoms with Gasteiger partial charge in [0.05, 0.1) is 17.4 Å². The molecule has 1 unspecified atom stereocenters. The molecule has 3 rings (SSSR count). The molecule has 0 spiro atoms. The molecule has 0 aromatic heterocycles. The summed E-state index contributed by atoms with van der Waals surface area (Å²) in [5.74, 6) is -1.96. The molecule has 8 heteroatoms. The molecule has 1 aromatic rings. The van der Waals surface area contributed by atoms with E-state index in [1.54, 1.807) is 18.2 Å². The number of ether oxygens (including phenoxy) is 1. The lowest BCUT2D eigenvalue weighted by Crippen LogP contribution is -2.23. The first-order valence-corrected chi connectivity index (χ1v) is 9.49. The number of anilines is 1. The van der Waals surface area contributed by atoms with Crippen LogP contribution in [0.25, 0.3) is 0 Å². The number of sulfone groups is 1. The van der Waals surface area contributed by atoms with Crippen LogP contribution in [0, 0.1) is 5.92 Å². The van der Waals surface area contributed by atoms with Gasteiger partial charge >= 0.3 is 5.97 Å². The predicted octanol–water partition coefficient (Wildman–Crippen LogP) is 0.732. The third kappa shape index (κ3) is 3.64. The van der Waals surface area contributed by atoms with E-state index in [-0.39, 0.29) is 29.6 Å². The minimum Gasteiger partial charge on any atom is -0.457 e. The molecule has 1 N–H and O–H groups in total. The number of carbonyl (C=O) groups is 3. The highest BCUT2D eigenvalue weighted by molar-refractivity contribution is 7.91. The highest BCUT2D eigenvalue weighted by atomic mass is 32.2. The van der Waals surface area contributed by atoms with Gasteiger partial charge in [0.2, 0.25) is 5.91 Å². The molecule has 1 fully saturated rings. The van der Waals surface area contributed by atoms with Gasteiger partial charge in [-0.2, -0.15) is 0 Å². The summed E-state index contributed by atoms with van der Waals surface area (Å²) in [5.41, 5.74) is 1.96. The normalized spacial score (nSPS) is 21.7. The second kappa shape index (κ2) is 6.35. The van der Waals surface area contributed by atoms with E-state index in [9.17, 15) is 22.8 Å². The number of rotatable bonds is 4. The molecule has 0 radical (unpaired) electrons. The second-order valence-electron chi connectivity index (χ2n) is 6.05. The molecule has 2 aliphatic heterocycles. The van der Waals surface area contributed by atoms with Crippen molar-refractivity contribution in [3.05, 3.63) is 29.3 Å². The summed E-state index contributed by atoms with van der Waals surface area (Å²) in [6.07, 6.45) is 1.17. The van der Waals surface area contributed by atoms with Crippen LogP contribution in [0.3, 0.4) is 0 Å².